The summed E-state index contributed by atoms with van der Waals surface area (Å²) in [6.45, 7) is 0. The second kappa shape index (κ2) is 4.57. The number of aliphatic hydroxyl groups is 1. The molecule has 1 aliphatic rings. The molecule has 8 heteroatoms. The molecule has 0 fully saturated rings. The van der Waals surface area contributed by atoms with E-state index in [2.05, 4.69) is 10.4 Å². The van der Waals surface area contributed by atoms with Gasteiger partial charge in [0.2, 0.25) is 5.91 Å². The minimum Gasteiger partial charge on any atom is -0.376 e. The normalized spacial score (nSPS) is 21.4. The van der Waals surface area contributed by atoms with Crippen molar-refractivity contribution < 1.29 is 23.1 Å². The first-order chi connectivity index (χ1) is 10.2. The van der Waals surface area contributed by atoms with Crippen LogP contribution in [-0.4, -0.2) is 27.0 Å². The number of alkyl halides is 3. The van der Waals surface area contributed by atoms with Gasteiger partial charge in [0.15, 0.2) is 5.60 Å². The number of nitrogens with one attached hydrogen (secondary N) is 1. The Bertz CT molecular complexity index is 740. The minimum absolute atomic E-state index is 0.00192. The molecule has 1 amide bonds. The quantitative estimate of drug-likeness (QED) is 0.848. The highest BCUT2D eigenvalue weighted by atomic mass is 19.4. The lowest BCUT2D eigenvalue weighted by molar-refractivity contribution is -0.267. The Labute approximate surface area is 123 Å². The minimum atomic E-state index is -4.99. The molecule has 1 aromatic carbocycles. The Hall–Kier alpha value is -2.35. The SMILES string of the molecule is Cn1nc(-c2ccccc2)c2c1NC(=O)CC2(O)C(F)(F)F. The van der Waals surface area contributed by atoms with E-state index in [1.165, 1.54) is 7.05 Å². The second-order valence-electron chi connectivity index (χ2n) is 5.14. The van der Waals surface area contributed by atoms with Crippen molar-refractivity contribution >= 4 is 11.7 Å². The molecule has 3 rings (SSSR count). The molecule has 1 unspecified atom stereocenters. The lowest BCUT2D eigenvalue weighted by Crippen LogP contribution is -2.48. The average Bonchev–Trinajstić information content (AvgIpc) is 2.76. The van der Waals surface area contributed by atoms with Crippen LogP contribution in [0, 0.1) is 0 Å². The summed E-state index contributed by atoms with van der Waals surface area (Å²) in [6.07, 6.45) is -6.08. The third kappa shape index (κ3) is 1.98. The van der Waals surface area contributed by atoms with Gasteiger partial charge in [-0.25, -0.2) is 0 Å². The van der Waals surface area contributed by atoms with Gasteiger partial charge in [-0.1, -0.05) is 30.3 Å². The maximum atomic E-state index is 13.4. The number of aromatic nitrogens is 2. The molecule has 1 aliphatic heterocycles. The van der Waals surface area contributed by atoms with Crippen LogP contribution in [0.3, 0.4) is 0 Å². The number of rotatable bonds is 1. The first-order valence-electron chi connectivity index (χ1n) is 6.46. The van der Waals surface area contributed by atoms with Gasteiger partial charge in [0.25, 0.3) is 0 Å². The van der Waals surface area contributed by atoms with Crippen molar-refractivity contribution in [3.05, 3.63) is 35.9 Å². The number of aryl methyl sites for hydroxylation is 1. The van der Waals surface area contributed by atoms with Crippen LogP contribution in [0.25, 0.3) is 11.3 Å². The van der Waals surface area contributed by atoms with E-state index in [-0.39, 0.29) is 11.5 Å². The molecule has 2 N–H and O–H groups in total. The second-order valence-corrected chi connectivity index (χ2v) is 5.14. The van der Waals surface area contributed by atoms with Crippen LogP contribution in [0.1, 0.15) is 12.0 Å². The summed E-state index contributed by atoms with van der Waals surface area (Å²) in [7, 11) is 1.41. The number of benzene rings is 1. The van der Waals surface area contributed by atoms with E-state index >= 15 is 0 Å². The van der Waals surface area contributed by atoms with Crippen LogP contribution in [-0.2, 0) is 17.4 Å². The van der Waals surface area contributed by atoms with Crippen molar-refractivity contribution in [2.45, 2.75) is 18.2 Å². The summed E-state index contributed by atoms with van der Waals surface area (Å²) in [5.74, 6) is -1.05. The fourth-order valence-electron chi connectivity index (χ4n) is 2.60. The van der Waals surface area contributed by atoms with Gasteiger partial charge in [-0.2, -0.15) is 18.3 Å². The number of anilines is 1. The number of nitrogens with zero attached hydrogens (tertiary/aromatic N) is 2. The number of fused-ring (bicyclic) bond motifs is 1. The van der Waals surface area contributed by atoms with E-state index in [1.807, 2.05) is 0 Å². The summed E-state index contributed by atoms with van der Waals surface area (Å²) in [6, 6.07) is 8.22. The number of halogens is 3. The van der Waals surface area contributed by atoms with E-state index in [9.17, 15) is 23.1 Å². The van der Waals surface area contributed by atoms with Gasteiger partial charge in [0.05, 0.1) is 12.0 Å². The summed E-state index contributed by atoms with van der Waals surface area (Å²) < 4.78 is 41.4. The lowest BCUT2D eigenvalue weighted by Gasteiger charge is -2.34. The molecular weight excluding hydrogens is 299 g/mol. The zero-order valence-electron chi connectivity index (χ0n) is 11.5. The number of hydrogen-bond acceptors (Lipinski definition) is 3. The van der Waals surface area contributed by atoms with Gasteiger partial charge in [0, 0.05) is 12.6 Å². The van der Waals surface area contributed by atoms with Crippen molar-refractivity contribution in [3.63, 3.8) is 0 Å². The molecule has 2 aromatic rings. The molecule has 0 saturated carbocycles. The van der Waals surface area contributed by atoms with Crippen LogP contribution in [0.4, 0.5) is 19.0 Å². The molecule has 0 bridgehead atoms. The van der Waals surface area contributed by atoms with Crippen LogP contribution >= 0.6 is 0 Å². The summed E-state index contributed by atoms with van der Waals surface area (Å²) in [5, 5.41) is 16.6. The Morgan fingerprint density at radius 1 is 1.32 bits per heavy atom. The largest absolute Gasteiger partial charge is 0.422 e. The number of amides is 1. The fourth-order valence-corrected chi connectivity index (χ4v) is 2.60. The number of carbonyl (C=O) groups excluding carboxylic acids is 1. The van der Waals surface area contributed by atoms with E-state index in [1.54, 1.807) is 30.3 Å². The standard InChI is InChI=1S/C14H12F3N3O2/c1-20-12-10(11(19-20)8-5-3-2-4-6-8)13(22,14(15,16)17)7-9(21)18-12/h2-6,22H,7H2,1H3,(H,18,21). The van der Waals surface area contributed by atoms with E-state index in [0.29, 0.717) is 5.56 Å². The van der Waals surface area contributed by atoms with Gasteiger partial charge in [-0.15, -0.1) is 0 Å². The van der Waals surface area contributed by atoms with E-state index < -0.39 is 29.7 Å². The van der Waals surface area contributed by atoms with Gasteiger partial charge in [0.1, 0.15) is 11.5 Å². The highest BCUT2D eigenvalue weighted by Gasteiger charge is 2.61. The fraction of sp³-hybridized carbons (Fsp3) is 0.286. The Balaban J connectivity index is 2.31. The summed E-state index contributed by atoms with van der Waals surface area (Å²) >= 11 is 0. The van der Waals surface area contributed by atoms with E-state index in [0.717, 1.165) is 4.68 Å². The molecule has 0 radical (unpaired) electrons. The molecular formula is C14H12F3N3O2. The van der Waals surface area contributed by atoms with Gasteiger partial charge in [-0.05, 0) is 0 Å². The van der Waals surface area contributed by atoms with Crippen LogP contribution in [0.2, 0.25) is 0 Å². The molecule has 0 saturated heterocycles. The summed E-state index contributed by atoms with van der Waals surface area (Å²) in [5.41, 5.74) is -3.26. The maximum Gasteiger partial charge on any atom is 0.422 e. The van der Waals surface area contributed by atoms with Gasteiger partial charge in [-0.3, -0.25) is 9.48 Å². The topological polar surface area (TPSA) is 67.2 Å². The molecule has 22 heavy (non-hydrogen) atoms. The predicted molar refractivity (Wildman–Crippen MR) is 71.8 cm³/mol. The van der Waals surface area contributed by atoms with Gasteiger partial charge >= 0.3 is 6.18 Å². The lowest BCUT2D eigenvalue weighted by atomic mass is 9.85. The van der Waals surface area contributed by atoms with Gasteiger partial charge < -0.3 is 10.4 Å². The molecule has 5 nitrogen and oxygen atoms in total. The van der Waals surface area contributed by atoms with Crippen LogP contribution < -0.4 is 5.32 Å². The molecule has 0 aliphatic carbocycles. The highest BCUT2D eigenvalue weighted by Crippen LogP contribution is 2.50. The molecule has 0 spiro atoms. The van der Waals surface area contributed by atoms with Crippen molar-refractivity contribution in [2.75, 3.05) is 5.32 Å². The first-order valence-corrected chi connectivity index (χ1v) is 6.46. The van der Waals surface area contributed by atoms with Crippen molar-refractivity contribution in [3.8, 4) is 11.3 Å². The van der Waals surface area contributed by atoms with Crippen molar-refractivity contribution in [1.82, 2.24) is 9.78 Å². The summed E-state index contributed by atoms with van der Waals surface area (Å²) in [4.78, 5) is 11.6. The average molecular weight is 311 g/mol. The van der Waals surface area contributed by atoms with Crippen molar-refractivity contribution in [2.24, 2.45) is 7.05 Å². The van der Waals surface area contributed by atoms with Crippen LogP contribution in [0.15, 0.2) is 30.3 Å². The Morgan fingerprint density at radius 2 is 1.95 bits per heavy atom. The Morgan fingerprint density at radius 3 is 2.55 bits per heavy atom. The molecule has 116 valence electrons. The zero-order chi connectivity index (χ0) is 16.1. The molecule has 1 atom stereocenters. The number of carbonyl (C=O) groups is 1. The zero-order valence-corrected chi connectivity index (χ0v) is 11.5. The molecule has 2 heterocycles. The number of hydrogen-bond donors (Lipinski definition) is 2. The molecule has 1 aromatic heterocycles. The monoisotopic (exact) mass is 311 g/mol. The Kier molecular flexibility index (Phi) is 3.03. The smallest absolute Gasteiger partial charge is 0.376 e. The van der Waals surface area contributed by atoms with Crippen molar-refractivity contribution in [1.29, 1.82) is 0 Å². The third-order valence-corrected chi connectivity index (χ3v) is 3.65. The van der Waals surface area contributed by atoms with Crippen LogP contribution in [0.5, 0.6) is 0 Å². The first kappa shape index (κ1) is 14.6. The highest BCUT2D eigenvalue weighted by molar-refractivity contribution is 5.96. The maximum absolute atomic E-state index is 13.4. The third-order valence-electron chi connectivity index (χ3n) is 3.65. The van der Waals surface area contributed by atoms with E-state index in [4.69, 9.17) is 0 Å². The predicted octanol–water partition coefficient (Wildman–Crippen LogP) is 2.18.